The number of hydrogen-bond donors (Lipinski definition) is 1. The lowest BCUT2D eigenvalue weighted by Crippen LogP contribution is -2.54. The van der Waals surface area contributed by atoms with Gasteiger partial charge in [-0.25, -0.2) is 8.42 Å². The van der Waals surface area contributed by atoms with E-state index in [1.165, 1.54) is 41.3 Å². The molecule has 0 spiro atoms. The molecule has 0 aliphatic rings. The first-order valence-electron chi connectivity index (χ1n) is 14.5. The summed E-state index contributed by atoms with van der Waals surface area (Å²) in [5.41, 5.74) is 2.40. The molecule has 2 amide bonds. The number of hydrogen-bond acceptors (Lipinski definition) is 6. The first-order valence-corrected chi connectivity index (χ1v) is 15.9. The molecular formula is C34H36N4O6S. The first kappa shape index (κ1) is 32.9. The van der Waals surface area contributed by atoms with E-state index in [1.54, 1.807) is 18.2 Å². The Bertz CT molecular complexity index is 1730. The summed E-state index contributed by atoms with van der Waals surface area (Å²) >= 11 is 0. The third-order valence-corrected chi connectivity index (χ3v) is 8.88. The molecule has 4 rings (SSSR count). The molecule has 0 heterocycles. The van der Waals surface area contributed by atoms with E-state index in [0.717, 1.165) is 21.0 Å². The van der Waals surface area contributed by atoms with Gasteiger partial charge in [0.1, 0.15) is 12.6 Å². The van der Waals surface area contributed by atoms with Gasteiger partial charge in [0.2, 0.25) is 11.8 Å². The van der Waals surface area contributed by atoms with E-state index in [9.17, 15) is 28.1 Å². The molecule has 0 fully saturated rings. The van der Waals surface area contributed by atoms with Crippen LogP contribution in [0.15, 0.2) is 114 Å². The lowest BCUT2D eigenvalue weighted by atomic mass is 10.0. The Labute approximate surface area is 263 Å². The number of nitro benzene ring substituents is 1. The average molecular weight is 629 g/mol. The van der Waals surface area contributed by atoms with Crippen molar-refractivity contribution in [2.45, 2.75) is 50.7 Å². The normalized spacial score (nSPS) is 11.9. The second-order valence-corrected chi connectivity index (χ2v) is 12.8. The number of amides is 2. The number of nitro groups is 1. The summed E-state index contributed by atoms with van der Waals surface area (Å²) in [6.45, 7) is 4.97. The Kier molecular flexibility index (Phi) is 10.7. The van der Waals surface area contributed by atoms with Crippen molar-refractivity contribution in [1.29, 1.82) is 0 Å². The van der Waals surface area contributed by atoms with Crippen molar-refractivity contribution >= 4 is 33.2 Å². The molecule has 0 bridgehead atoms. The second-order valence-electron chi connectivity index (χ2n) is 11.0. The van der Waals surface area contributed by atoms with Crippen molar-refractivity contribution in [3.8, 4) is 0 Å². The van der Waals surface area contributed by atoms with Crippen LogP contribution >= 0.6 is 0 Å². The average Bonchev–Trinajstić information content (AvgIpc) is 3.02. The van der Waals surface area contributed by atoms with E-state index in [4.69, 9.17) is 0 Å². The van der Waals surface area contributed by atoms with E-state index in [-0.39, 0.29) is 41.2 Å². The van der Waals surface area contributed by atoms with Crippen molar-refractivity contribution in [2.75, 3.05) is 10.8 Å². The number of aryl methyl sites for hydroxylation is 1. The van der Waals surface area contributed by atoms with E-state index < -0.39 is 33.4 Å². The van der Waals surface area contributed by atoms with Gasteiger partial charge in [0, 0.05) is 31.1 Å². The van der Waals surface area contributed by atoms with Gasteiger partial charge in [-0.05, 0) is 56.2 Å². The first-order chi connectivity index (χ1) is 21.5. The predicted octanol–water partition coefficient (Wildman–Crippen LogP) is 5.26. The fraction of sp³-hybridized carbons (Fsp3) is 0.235. The summed E-state index contributed by atoms with van der Waals surface area (Å²) in [6.07, 6.45) is 0.194. The molecule has 0 aromatic heterocycles. The lowest BCUT2D eigenvalue weighted by Gasteiger charge is -2.34. The molecule has 234 valence electrons. The summed E-state index contributed by atoms with van der Waals surface area (Å²) < 4.78 is 28.9. The highest BCUT2D eigenvalue weighted by Gasteiger charge is 2.35. The van der Waals surface area contributed by atoms with Crippen LogP contribution < -0.4 is 9.62 Å². The fourth-order valence-corrected chi connectivity index (χ4v) is 6.37. The molecule has 4 aromatic rings. The Morgan fingerprint density at radius 1 is 0.844 bits per heavy atom. The number of carbonyl (C=O) groups is 2. The zero-order chi connectivity index (χ0) is 32.6. The van der Waals surface area contributed by atoms with Gasteiger partial charge >= 0.3 is 0 Å². The molecule has 1 atom stereocenters. The summed E-state index contributed by atoms with van der Waals surface area (Å²) in [4.78, 5) is 40.2. The predicted molar refractivity (Wildman–Crippen MR) is 173 cm³/mol. The highest BCUT2D eigenvalue weighted by atomic mass is 32.2. The van der Waals surface area contributed by atoms with E-state index in [2.05, 4.69) is 5.32 Å². The summed E-state index contributed by atoms with van der Waals surface area (Å²) in [5.74, 6) is -0.989. The van der Waals surface area contributed by atoms with Gasteiger partial charge in [-0.3, -0.25) is 24.0 Å². The highest BCUT2D eigenvalue weighted by Crippen LogP contribution is 2.27. The molecule has 10 nitrogen and oxygen atoms in total. The SMILES string of the molecule is Cc1cccc(CN(C(=O)CN(c2ccc([N+](=O)[O-])cc2)S(=O)(=O)c2ccccc2)[C@@H](Cc2ccccc2)C(=O)NC(C)C)c1. The zero-order valence-electron chi connectivity index (χ0n) is 25.4. The van der Waals surface area contributed by atoms with Crippen LogP contribution in [0.4, 0.5) is 11.4 Å². The van der Waals surface area contributed by atoms with Gasteiger partial charge in [0.15, 0.2) is 0 Å². The minimum atomic E-state index is -4.30. The molecular weight excluding hydrogens is 592 g/mol. The van der Waals surface area contributed by atoms with Gasteiger partial charge in [-0.2, -0.15) is 0 Å². The highest BCUT2D eigenvalue weighted by molar-refractivity contribution is 7.92. The van der Waals surface area contributed by atoms with E-state index in [1.807, 2.05) is 75.4 Å². The van der Waals surface area contributed by atoms with Crippen molar-refractivity contribution in [3.05, 3.63) is 136 Å². The smallest absolute Gasteiger partial charge is 0.269 e. The standard InChI is InChI=1S/C34H36N4O6S/c1-25(2)35-34(40)32(22-27-12-6-4-7-13-27)36(23-28-14-10-11-26(3)21-28)33(39)24-37(29-17-19-30(20-18-29)38(41)42)45(43,44)31-15-8-5-9-16-31/h4-21,25,32H,22-24H2,1-3H3,(H,35,40)/t32-/m0/s1. The van der Waals surface area contributed by atoms with E-state index in [0.29, 0.717) is 0 Å². The number of nitrogens with zero attached hydrogens (tertiary/aromatic N) is 3. The Balaban J connectivity index is 1.81. The molecule has 0 radical (unpaired) electrons. The van der Waals surface area contributed by atoms with Crippen LogP contribution in [0.2, 0.25) is 0 Å². The number of carbonyl (C=O) groups excluding carboxylic acids is 2. The summed E-state index contributed by atoms with van der Waals surface area (Å²) in [7, 11) is -4.30. The van der Waals surface area contributed by atoms with Gasteiger partial charge in [0.25, 0.3) is 15.7 Å². The second kappa shape index (κ2) is 14.6. The van der Waals surface area contributed by atoms with Crippen LogP contribution in [0.1, 0.15) is 30.5 Å². The maximum atomic E-state index is 14.4. The van der Waals surface area contributed by atoms with Crippen LogP contribution in [-0.2, 0) is 32.6 Å². The monoisotopic (exact) mass is 628 g/mol. The van der Waals surface area contributed by atoms with Crippen molar-refractivity contribution in [2.24, 2.45) is 0 Å². The third kappa shape index (κ3) is 8.54. The van der Waals surface area contributed by atoms with Crippen molar-refractivity contribution < 1.29 is 22.9 Å². The third-order valence-electron chi connectivity index (χ3n) is 7.10. The molecule has 0 saturated carbocycles. The molecule has 0 saturated heterocycles. The molecule has 1 N–H and O–H groups in total. The zero-order valence-corrected chi connectivity index (χ0v) is 26.2. The summed E-state index contributed by atoms with van der Waals surface area (Å²) in [6, 6.07) is 28.3. The molecule has 0 aliphatic carbocycles. The molecule has 11 heteroatoms. The van der Waals surface area contributed by atoms with Crippen molar-refractivity contribution in [1.82, 2.24) is 10.2 Å². The van der Waals surface area contributed by atoms with Crippen LogP contribution in [0.25, 0.3) is 0 Å². The Morgan fingerprint density at radius 3 is 2.02 bits per heavy atom. The lowest BCUT2D eigenvalue weighted by molar-refractivity contribution is -0.384. The van der Waals surface area contributed by atoms with Crippen LogP contribution in [0.5, 0.6) is 0 Å². The molecule has 0 aliphatic heterocycles. The molecule has 45 heavy (non-hydrogen) atoms. The van der Waals surface area contributed by atoms with Gasteiger partial charge < -0.3 is 10.2 Å². The Morgan fingerprint density at radius 2 is 1.44 bits per heavy atom. The van der Waals surface area contributed by atoms with Gasteiger partial charge in [-0.1, -0.05) is 78.4 Å². The molecule has 0 unspecified atom stereocenters. The quantitative estimate of drug-likeness (QED) is 0.159. The van der Waals surface area contributed by atoms with Crippen LogP contribution in [-0.4, -0.2) is 48.7 Å². The Hall–Kier alpha value is -5.03. The van der Waals surface area contributed by atoms with Crippen LogP contribution in [0, 0.1) is 17.0 Å². The van der Waals surface area contributed by atoms with Crippen LogP contribution in [0.3, 0.4) is 0 Å². The topological polar surface area (TPSA) is 130 Å². The number of nitrogens with one attached hydrogen (secondary N) is 1. The number of non-ortho nitro benzene ring substituents is 1. The maximum absolute atomic E-state index is 14.4. The largest absolute Gasteiger partial charge is 0.352 e. The number of benzene rings is 4. The maximum Gasteiger partial charge on any atom is 0.269 e. The number of sulfonamides is 1. The summed E-state index contributed by atoms with van der Waals surface area (Å²) in [5, 5.41) is 14.2. The molecule has 4 aromatic carbocycles. The van der Waals surface area contributed by atoms with Crippen molar-refractivity contribution in [3.63, 3.8) is 0 Å². The van der Waals surface area contributed by atoms with Gasteiger partial charge in [0.05, 0.1) is 15.5 Å². The number of rotatable bonds is 13. The van der Waals surface area contributed by atoms with Gasteiger partial charge in [-0.15, -0.1) is 0 Å². The fourth-order valence-electron chi connectivity index (χ4n) is 4.93. The minimum Gasteiger partial charge on any atom is -0.352 e. The number of anilines is 1. The minimum absolute atomic E-state index is 0.0447. The van der Waals surface area contributed by atoms with E-state index >= 15 is 0 Å².